The lowest BCUT2D eigenvalue weighted by Gasteiger charge is -2.32. The molecule has 0 radical (unpaired) electrons. The predicted molar refractivity (Wildman–Crippen MR) is 78.9 cm³/mol. The van der Waals surface area contributed by atoms with E-state index < -0.39 is 0 Å². The number of nitrogens with one attached hydrogen (secondary N) is 1. The molecule has 2 rings (SSSR count). The van der Waals surface area contributed by atoms with E-state index in [0.29, 0.717) is 5.41 Å². The van der Waals surface area contributed by atoms with Gasteiger partial charge in [-0.1, -0.05) is 34.1 Å². The van der Waals surface area contributed by atoms with Gasteiger partial charge in [0.1, 0.15) is 0 Å². The first-order chi connectivity index (χ1) is 8.52. The summed E-state index contributed by atoms with van der Waals surface area (Å²) in [6.45, 7) is 13.3. The van der Waals surface area contributed by atoms with Gasteiger partial charge in [0.2, 0.25) is 0 Å². The summed E-state index contributed by atoms with van der Waals surface area (Å²) in [7, 11) is 0. The SMILES string of the molecule is CCCNC1CCCC1N1CCC(C(C)(C)C)C1. The Hall–Kier alpha value is -0.0800. The number of hydrogen-bond acceptors (Lipinski definition) is 2. The molecule has 1 N–H and O–H groups in total. The summed E-state index contributed by atoms with van der Waals surface area (Å²) in [5.41, 5.74) is 0.486. The molecule has 2 heteroatoms. The van der Waals surface area contributed by atoms with Crippen LogP contribution in [0.3, 0.4) is 0 Å². The average Bonchev–Trinajstić information content (AvgIpc) is 2.93. The summed E-state index contributed by atoms with van der Waals surface area (Å²) in [6.07, 6.45) is 6.89. The van der Waals surface area contributed by atoms with Crippen molar-refractivity contribution < 1.29 is 0 Å². The maximum atomic E-state index is 3.77. The first kappa shape index (κ1) is 14.3. The molecular weight excluding hydrogens is 220 g/mol. The molecule has 0 amide bonds. The highest BCUT2D eigenvalue weighted by molar-refractivity contribution is 4.95. The van der Waals surface area contributed by atoms with Crippen molar-refractivity contribution >= 4 is 0 Å². The van der Waals surface area contributed by atoms with E-state index in [4.69, 9.17) is 0 Å². The van der Waals surface area contributed by atoms with E-state index in [1.807, 2.05) is 0 Å². The van der Waals surface area contributed by atoms with Crippen molar-refractivity contribution in [1.29, 1.82) is 0 Å². The third kappa shape index (κ3) is 3.27. The lowest BCUT2D eigenvalue weighted by Crippen LogP contribution is -2.46. The maximum Gasteiger partial charge on any atom is 0.0249 e. The van der Waals surface area contributed by atoms with Crippen molar-refractivity contribution in [3.8, 4) is 0 Å². The summed E-state index contributed by atoms with van der Waals surface area (Å²) in [5, 5.41) is 3.77. The highest BCUT2D eigenvalue weighted by Crippen LogP contribution is 2.36. The fraction of sp³-hybridized carbons (Fsp3) is 1.00. The molecule has 18 heavy (non-hydrogen) atoms. The largest absolute Gasteiger partial charge is 0.312 e. The number of rotatable bonds is 4. The van der Waals surface area contributed by atoms with Crippen LogP contribution in [0.5, 0.6) is 0 Å². The van der Waals surface area contributed by atoms with Crippen LogP contribution in [0.1, 0.15) is 59.8 Å². The molecule has 0 aromatic rings. The summed E-state index contributed by atoms with van der Waals surface area (Å²) < 4.78 is 0. The van der Waals surface area contributed by atoms with Gasteiger partial charge in [0, 0.05) is 18.6 Å². The second-order valence-corrected chi connectivity index (χ2v) is 7.41. The number of likely N-dealkylation sites (tertiary alicyclic amines) is 1. The topological polar surface area (TPSA) is 15.3 Å². The van der Waals surface area contributed by atoms with Crippen molar-refractivity contribution in [2.75, 3.05) is 19.6 Å². The van der Waals surface area contributed by atoms with Gasteiger partial charge in [0.15, 0.2) is 0 Å². The quantitative estimate of drug-likeness (QED) is 0.826. The number of hydrogen-bond donors (Lipinski definition) is 1. The Morgan fingerprint density at radius 2 is 1.94 bits per heavy atom. The molecule has 2 aliphatic rings. The van der Waals surface area contributed by atoms with Gasteiger partial charge in [-0.05, 0) is 50.1 Å². The normalized spacial score (nSPS) is 34.3. The molecule has 2 fully saturated rings. The molecule has 106 valence electrons. The Bertz CT molecular complexity index is 256. The van der Waals surface area contributed by atoms with Crippen LogP contribution in [0.15, 0.2) is 0 Å². The maximum absolute atomic E-state index is 3.77. The Balaban J connectivity index is 1.88. The minimum atomic E-state index is 0.486. The second-order valence-electron chi connectivity index (χ2n) is 7.41. The Morgan fingerprint density at radius 1 is 1.17 bits per heavy atom. The monoisotopic (exact) mass is 252 g/mol. The van der Waals surface area contributed by atoms with Gasteiger partial charge >= 0.3 is 0 Å². The van der Waals surface area contributed by atoms with Crippen LogP contribution < -0.4 is 5.32 Å². The van der Waals surface area contributed by atoms with Crippen LogP contribution in [0.25, 0.3) is 0 Å². The van der Waals surface area contributed by atoms with E-state index in [-0.39, 0.29) is 0 Å². The van der Waals surface area contributed by atoms with Gasteiger partial charge in [-0.3, -0.25) is 4.90 Å². The van der Waals surface area contributed by atoms with Crippen LogP contribution in [0.4, 0.5) is 0 Å². The molecule has 0 spiro atoms. The fourth-order valence-corrected chi connectivity index (χ4v) is 3.74. The first-order valence-electron chi connectivity index (χ1n) is 7.99. The first-order valence-corrected chi connectivity index (χ1v) is 7.99. The van der Waals surface area contributed by atoms with Crippen molar-refractivity contribution in [2.45, 2.75) is 71.9 Å². The molecule has 1 aliphatic heterocycles. The summed E-state index contributed by atoms with van der Waals surface area (Å²) in [4.78, 5) is 2.79. The standard InChI is InChI=1S/C16H32N2/c1-5-10-17-14-7-6-8-15(14)18-11-9-13(12-18)16(2,3)4/h13-15,17H,5-12H2,1-4H3. The molecule has 1 aliphatic carbocycles. The zero-order chi connectivity index (χ0) is 13.2. The van der Waals surface area contributed by atoms with E-state index in [1.54, 1.807) is 0 Å². The predicted octanol–water partition coefficient (Wildman–Crippen LogP) is 3.28. The van der Waals surface area contributed by atoms with E-state index in [0.717, 1.165) is 18.0 Å². The van der Waals surface area contributed by atoms with Gasteiger partial charge in [0.25, 0.3) is 0 Å². The molecule has 0 aromatic heterocycles. The lowest BCUT2D eigenvalue weighted by molar-refractivity contribution is 0.177. The van der Waals surface area contributed by atoms with Crippen LogP contribution in [-0.4, -0.2) is 36.6 Å². The fourth-order valence-electron chi connectivity index (χ4n) is 3.74. The average molecular weight is 252 g/mol. The summed E-state index contributed by atoms with van der Waals surface area (Å²) >= 11 is 0. The zero-order valence-electron chi connectivity index (χ0n) is 12.8. The third-order valence-electron chi connectivity index (χ3n) is 5.05. The highest BCUT2D eigenvalue weighted by atomic mass is 15.2. The molecule has 1 heterocycles. The van der Waals surface area contributed by atoms with Gasteiger partial charge in [0.05, 0.1) is 0 Å². The minimum absolute atomic E-state index is 0.486. The molecule has 1 saturated carbocycles. The van der Waals surface area contributed by atoms with Crippen molar-refractivity contribution in [3.05, 3.63) is 0 Å². The van der Waals surface area contributed by atoms with Gasteiger partial charge in [-0.15, -0.1) is 0 Å². The molecule has 3 atom stereocenters. The lowest BCUT2D eigenvalue weighted by atomic mass is 9.80. The molecule has 0 bridgehead atoms. The van der Waals surface area contributed by atoms with Crippen molar-refractivity contribution in [2.24, 2.45) is 11.3 Å². The van der Waals surface area contributed by atoms with E-state index in [9.17, 15) is 0 Å². The van der Waals surface area contributed by atoms with Crippen LogP contribution in [0, 0.1) is 11.3 Å². The van der Waals surface area contributed by atoms with E-state index >= 15 is 0 Å². The van der Waals surface area contributed by atoms with Gasteiger partial charge < -0.3 is 5.32 Å². The van der Waals surface area contributed by atoms with Crippen LogP contribution in [0.2, 0.25) is 0 Å². The number of nitrogens with zero attached hydrogens (tertiary/aromatic N) is 1. The Kier molecular flexibility index (Phi) is 4.71. The summed E-state index contributed by atoms with van der Waals surface area (Å²) in [6, 6.07) is 1.59. The minimum Gasteiger partial charge on any atom is -0.312 e. The third-order valence-corrected chi connectivity index (χ3v) is 5.05. The van der Waals surface area contributed by atoms with Crippen molar-refractivity contribution in [1.82, 2.24) is 10.2 Å². The molecule has 2 nitrogen and oxygen atoms in total. The van der Waals surface area contributed by atoms with Crippen LogP contribution in [-0.2, 0) is 0 Å². The Morgan fingerprint density at radius 3 is 2.56 bits per heavy atom. The van der Waals surface area contributed by atoms with E-state index in [1.165, 1.54) is 51.7 Å². The van der Waals surface area contributed by atoms with Crippen LogP contribution >= 0.6 is 0 Å². The second kappa shape index (κ2) is 5.92. The van der Waals surface area contributed by atoms with Crippen molar-refractivity contribution in [3.63, 3.8) is 0 Å². The molecule has 1 saturated heterocycles. The zero-order valence-corrected chi connectivity index (χ0v) is 12.8. The Labute approximate surface area is 114 Å². The van der Waals surface area contributed by atoms with Gasteiger partial charge in [-0.25, -0.2) is 0 Å². The molecule has 0 aromatic carbocycles. The smallest absolute Gasteiger partial charge is 0.0249 e. The van der Waals surface area contributed by atoms with Gasteiger partial charge in [-0.2, -0.15) is 0 Å². The molecule has 3 unspecified atom stereocenters. The van der Waals surface area contributed by atoms with E-state index in [2.05, 4.69) is 37.9 Å². The molecular formula is C16H32N2. The summed E-state index contributed by atoms with van der Waals surface area (Å²) in [5.74, 6) is 0.893. The highest BCUT2D eigenvalue weighted by Gasteiger charge is 2.38.